The number of hydrogen-bond acceptors (Lipinski definition) is 7. The second-order valence-electron chi connectivity index (χ2n) is 7.33. The molecule has 1 aromatic heterocycles. The molecule has 1 aliphatic rings. The van der Waals surface area contributed by atoms with E-state index < -0.39 is 0 Å². The Balaban J connectivity index is 1.34. The van der Waals surface area contributed by atoms with E-state index in [1.165, 1.54) is 43.1 Å². The Morgan fingerprint density at radius 3 is 2.55 bits per heavy atom. The van der Waals surface area contributed by atoms with Gasteiger partial charge in [0.1, 0.15) is 11.4 Å². The Labute approximate surface area is 186 Å². The lowest BCUT2D eigenvalue weighted by Gasteiger charge is -2.22. The molecule has 8 nitrogen and oxygen atoms in total. The van der Waals surface area contributed by atoms with Gasteiger partial charge in [0.2, 0.25) is 11.1 Å². The van der Waals surface area contributed by atoms with E-state index in [2.05, 4.69) is 37.9 Å². The van der Waals surface area contributed by atoms with Crippen LogP contribution in [0.15, 0.2) is 53.7 Å². The zero-order valence-corrected chi connectivity index (χ0v) is 18.3. The molecule has 0 unspecified atom stereocenters. The first-order valence-electron chi connectivity index (χ1n) is 10.4. The van der Waals surface area contributed by atoms with Crippen LogP contribution in [0.1, 0.15) is 25.7 Å². The standard InChI is InChI=1S/C22H26N6O2S/c1-30-20-9-5-4-8-19(20)28-22(24-25-26-28)31-16-21(29)23-17-10-12-18(13-11-17)27-14-6-2-3-7-15-27/h4-5,8-13H,2-3,6-7,14-16H2,1H3,(H,23,29). The van der Waals surface area contributed by atoms with E-state index in [0.29, 0.717) is 10.9 Å². The Morgan fingerprint density at radius 1 is 1.06 bits per heavy atom. The third-order valence-corrected chi connectivity index (χ3v) is 6.13. The van der Waals surface area contributed by atoms with Crippen molar-refractivity contribution in [3.63, 3.8) is 0 Å². The zero-order chi connectivity index (χ0) is 21.5. The molecule has 2 aromatic carbocycles. The molecule has 1 aliphatic heterocycles. The zero-order valence-electron chi connectivity index (χ0n) is 17.5. The molecule has 0 saturated carbocycles. The van der Waals surface area contributed by atoms with Gasteiger partial charge in [-0.05, 0) is 59.7 Å². The number of rotatable bonds is 7. The molecule has 162 valence electrons. The number of hydrogen-bond donors (Lipinski definition) is 1. The Hall–Kier alpha value is -3.07. The molecule has 0 bridgehead atoms. The van der Waals surface area contributed by atoms with Gasteiger partial charge >= 0.3 is 0 Å². The Kier molecular flexibility index (Phi) is 7.03. The first-order chi connectivity index (χ1) is 15.2. The van der Waals surface area contributed by atoms with Crippen LogP contribution in [0.2, 0.25) is 0 Å². The van der Waals surface area contributed by atoms with E-state index in [-0.39, 0.29) is 11.7 Å². The predicted octanol–water partition coefficient (Wildman–Crippen LogP) is 3.78. The first kappa shape index (κ1) is 21.2. The largest absolute Gasteiger partial charge is 0.494 e. The molecule has 9 heteroatoms. The summed E-state index contributed by atoms with van der Waals surface area (Å²) in [7, 11) is 1.60. The van der Waals surface area contributed by atoms with Gasteiger partial charge in [-0.1, -0.05) is 36.7 Å². The summed E-state index contributed by atoms with van der Waals surface area (Å²) < 4.78 is 6.96. The summed E-state index contributed by atoms with van der Waals surface area (Å²) >= 11 is 1.27. The van der Waals surface area contributed by atoms with Crippen LogP contribution in [0, 0.1) is 0 Å². The molecular formula is C22H26N6O2S. The van der Waals surface area contributed by atoms with Crippen molar-refractivity contribution < 1.29 is 9.53 Å². The van der Waals surface area contributed by atoms with Gasteiger partial charge in [-0.15, -0.1) is 5.10 Å². The first-order valence-corrected chi connectivity index (χ1v) is 11.4. The number of benzene rings is 2. The van der Waals surface area contributed by atoms with Crippen LogP contribution in [0.25, 0.3) is 5.69 Å². The van der Waals surface area contributed by atoms with Crippen molar-refractivity contribution in [2.45, 2.75) is 30.8 Å². The summed E-state index contributed by atoms with van der Waals surface area (Å²) in [5.41, 5.74) is 2.72. The van der Waals surface area contributed by atoms with Gasteiger partial charge in [-0.2, -0.15) is 4.68 Å². The number of carbonyl (C=O) groups excluding carboxylic acids is 1. The number of carbonyl (C=O) groups is 1. The molecule has 4 rings (SSSR count). The molecular weight excluding hydrogens is 412 g/mol. The van der Waals surface area contributed by atoms with Crippen molar-refractivity contribution in [3.8, 4) is 11.4 Å². The number of aromatic nitrogens is 4. The maximum atomic E-state index is 12.5. The number of amides is 1. The summed E-state index contributed by atoms with van der Waals surface area (Å²) in [4.78, 5) is 14.9. The number of para-hydroxylation sites is 2. The van der Waals surface area contributed by atoms with Crippen LogP contribution < -0.4 is 15.0 Å². The van der Waals surface area contributed by atoms with Crippen LogP contribution in [0.4, 0.5) is 11.4 Å². The Bertz CT molecular complexity index is 999. The average molecular weight is 439 g/mol. The average Bonchev–Trinajstić information content (AvgIpc) is 3.10. The normalized spacial score (nSPS) is 14.2. The van der Waals surface area contributed by atoms with Crippen molar-refractivity contribution in [2.24, 2.45) is 0 Å². The van der Waals surface area contributed by atoms with Gasteiger partial charge in [-0.3, -0.25) is 4.79 Å². The van der Waals surface area contributed by atoms with Crippen molar-refractivity contribution >= 4 is 29.0 Å². The maximum absolute atomic E-state index is 12.5. The molecule has 0 spiro atoms. The highest BCUT2D eigenvalue weighted by molar-refractivity contribution is 7.99. The predicted molar refractivity (Wildman–Crippen MR) is 122 cm³/mol. The minimum atomic E-state index is -0.109. The number of ether oxygens (including phenoxy) is 1. The summed E-state index contributed by atoms with van der Waals surface area (Å²) in [6.45, 7) is 2.20. The molecule has 0 radical (unpaired) electrons. The monoisotopic (exact) mass is 438 g/mol. The third-order valence-electron chi connectivity index (χ3n) is 5.21. The van der Waals surface area contributed by atoms with Crippen LogP contribution in [0.5, 0.6) is 5.75 Å². The third kappa shape index (κ3) is 5.35. The van der Waals surface area contributed by atoms with Gasteiger partial charge in [0.05, 0.1) is 12.9 Å². The molecule has 3 aromatic rings. The van der Waals surface area contributed by atoms with Gasteiger partial charge < -0.3 is 15.0 Å². The van der Waals surface area contributed by atoms with Gasteiger partial charge in [0.25, 0.3) is 0 Å². The van der Waals surface area contributed by atoms with E-state index in [9.17, 15) is 4.79 Å². The number of methoxy groups -OCH3 is 1. The van der Waals surface area contributed by atoms with Gasteiger partial charge in [0.15, 0.2) is 0 Å². The number of thioether (sulfide) groups is 1. The van der Waals surface area contributed by atoms with Crippen LogP contribution in [-0.2, 0) is 4.79 Å². The highest BCUT2D eigenvalue weighted by Crippen LogP contribution is 2.26. The molecule has 0 aliphatic carbocycles. The highest BCUT2D eigenvalue weighted by Gasteiger charge is 2.15. The fourth-order valence-electron chi connectivity index (χ4n) is 3.64. The lowest BCUT2D eigenvalue weighted by atomic mass is 10.2. The molecule has 0 atom stereocenters. The van der Waals surface area contributed by atoms with Gasteiger partial charge in [0, 0.05) is 24.5 Å². The number of nitrogens with one attached hydrogen (secondary N) is 1. The second kappa shape index (κ2) is 10.3. The molecule has 1 amide bonds. The number of tetrazole rings is 1. The van der Waals surface area contributed by atoms with Gasteiger partial charge in [-0.25, -0.2) is 0 Å². The molecule has 1 fully saturated rings. The fourth-order valence-corrected chi connectivity index (χ4v) is 4.32. The topological polar surface area (TPSA) is 85.2 Å². The highest BCUT2D eigenvalue weighted by atomic mass is 32.2. The quantitative estimate of drug-likeness (QED) is 0.562. The van der Waals surface area contributed by atoms with E-state index in [0.717, 1.165) is 24.5 Å². The van der Waals surface area contributed by atoms with Crippen molar-refractivity contribution in [3.05, 3.63) is 48.5 Å². The lowest BCUT2D eigenvalue weighted by molar-refractivity contribution is -0.113. The van der Waals surface area contributed by atoms with E-state index in [4.69, 9.17) is 4.74 Å². The van der Waals surface area contributed by atoms with Crippen molar-refractivity contribution in [1.82, 2.24) is 20.2 Å². The van der Waals surface area contributed by atoms with E-state index in [1.54, 1.807) is 11.8 Å². The summed E-state index contributed by atoms with van der Waals surface area (Å²) in [5, 5.41) is 15.3. The fraction of sp³-hybridized carbons (Fsp3) is 0.364. The molecule has 1 N–H and O–H groups in total. The Morgan fingerprint density at radius 2 is 1.81 bits per heavy atom. The summed E-state index contributed by atoms with van der Waals surface area (Å²) in [5.74, 6) is 0.747. The summed E-state index contributed by atoms with van der Waals surface area (Å²) in [6.07, 6.45) is 5.10. The van der Waals surface area contributed by atoms with Crippen molar-refractivity contribution in [1.29, 1.82) is 0 Å². The minimum absolute atomic E-state index is 0.109. The maximum Gasteiger partial charge on any atom is 0.234 e. The van der Waals surface area contributed by atoms with E-state index >= 15 is 0 Å². The second-order valence-corrected chi connectivity index (χ2v) is 8.27. The number of nitrogens with zero attached hydrogens (tertiary/aromatic N) is 5. The molecule has 31 heavy (non-hydrogen) atoms. The summed E-state index contributed by atoms with van der Waals surface area (Å²) in [6, 6.07) is 15.6. The van der Waals surface area contributed by atoms with Crippen LogP contribution in [-0.4, -0.2) is 52.1 Å². The van der Waals surface area contributed by atoms with E-state index in [1.807, 2.05) is 36.4 Å². The minimum Gasteiger partial charge on any atom is -0.494 e. The smallest absolute Gasteiger partial charge is 0.234 e. The van der Waals surface area contributed by atoms with Crippen LogP contribution in [0.3, 0.4) is 0 Å². The SMILES string of the molecule is COc1ccccc1-n1nnnc1SCC(=O)Nc1ccc(N2CCCCCC2)cc1. The molecule has 2 heterocycles. The van der Waals surface area contributed by atoms with Crippen molar-refractivity contribution in [2.75, 3.05) is 36.2 Å². The lowest BCUT2D eigenvalue weighted by Crippen LogP contribution is -2.23. The number of anilines is 2. The molecule has 1 saturated heterocycles. The van der Waals surface area contributed by atoms with Crippen LogP contribution >= 0.6 is 11.8 Å².